The summed E-state index contributed by atoms with van der Waals surface area (Å²) in [5, 5.41) is 14.0. The molecule has 12 heavy (non-hydrogen) atoms. The largest absolute Gasteiger partial charge is 0.482 e. The second-order valence-electron chi connectivity index (χ2n) is 2.00. The monoisotopic (exact) mass is 167 g/mol. The van der Waals surface area contributed by atoms with E-state index in [1.54, 1.807) is 0 Å². The first-order chi connectivity index (χ1) is 5.86. The molecule has 4 nitrogen and oxygen atoms in total. The normalized spacial score (nSPS) is 11.5. The minimum atomic E-state index is 0. The zero-order chi connectivity index (χ0) is 8.81. The molecule has 1 aromatic carbocycles. The molecule has 63 valence electrons. The van der Waals surface area contributed by atoms with Gasteiger partial charge in [-0.3, -0.25) is 0 Å². The van der Waals surface area contributed by atoms with E-state index < -0.39 is 0 Å². The SMILES string of the molecule is O[B]O.c1cc2cc(c1)OCO2. The van der Waals surface area contributed by atoms with Gasteiger partial charge in [-0.2, -0.15) is 0 Å². The third kappa shape index (κ3) is 2.45. The fraction of sp³-hybridized carbons (Fsp3) is 0.143. The van der Waals surface area contributed by atoms with Gasteiger partial charge in [0, 0.05) is 6.07 Å². The van der Waals surface area contributed by atoms with Crippen molar-refractivity contribution in [2.24, 2.45) is 0 Å². The van der Waals surface area contributed by atoms with E-state index in [-0.39, 0.29) is 7.69 Å². The van der Waals surface area contributed by atoms with Crippen LogP contribution in [0.3, 0.4) is 0 Å². The smallest absolute Gasteiger partial charge is 0.457 e. The van der Waals surface area contributed by atoms with Crippen LogP contribution >= 0.6 is 0 Å². The molecule has 0 unspecified atom stereocenters. The van der Waals surface area contributed by atoms with E-state index in [4.69, 9.17) is 19.5 Å². The van der Waals surface area contributed by atoms with Crippen molar-refractivity contribution in [1.29, 1.82) is 0 Å². The van der Waals surface area contributed by atoms with Crippen LogP contribution in [0.4, 0.5) is 0 Å². The predicted octanol–water partition coefficient (Wildman–Crippen LogP) is -0.0795. The molecule has 1 aromatic rings. The van der Waals surface area contributed by atoms with E-state index in [1.807, 2.05) is 24.3 Å². The lowest BCUT2D eigenvalue weighted by Gasteiger charge is -2.14. The van der Waals surface area contributed by atoms with Crippen molar-refractivity contribution >= 4 is 7.69 Å². The van der Waals surface area contributed by atoms with Crippen molar-refractivity contribution in [3.05, 3.63) is 24.3 Å². The van der Waals surface area contributed by atoms with Gasteiger partial charge in [0.15, 0.2) is 0 Å². The lowest BCUT2D eigenvalue weighted by Crippen LogP contribution is -2.09. The Morgan fingerprint density at radius 3 is 2.08 bits per heavy atom. The molecule has 0 spiro atoms. The molecule has 1 aliphatic heterocycles. The highest BCUT2D eigenvalue weighted by molar-refractivity contribution is 6.13. The Kier molecular flexibility index (Phi) is 3.44. The van der Waals surface area contributed by atoms with Gasteiger partial charge >= 0.3 is 7.69 Å². The van der Waals surface area contributed by atoms with Gasteiger partial charge in [0.1, 0.15) is 11.5 Å². The van der Waals surface area contributed by atoms with Crippen molar-refractivity contribution in [2.75, 3.05) is 6.79 Å². The summed E-state index contributed by atoms with van der Waals surface area (Å²) in [6.07, 6.45) is 0. The third-order valence-corrected chi connectivity index (χ3v) is 1.26. The Morgan fingerprint density at radius 2 is 1.67 bits per heavy atom. The van der Waals surface area contributed by atoms with Crippen LogP contribution in [0.5, 0.6) is 11.5 Å². The number of rotatable bonds is 0. The standard InChI is InChI=1S/C7H6O2.BH2O2/c1-2-6-4-7(3-1)9-5-8-6;2-1-3/h1-4H,5H2;2-3H. The van der Waals surface area contributed by atoms with Gasteiger partial charge in [-0.05, 0) is 12.1 Å². The van der Waals surface area contributed by atoms with E-state index in [1.165, 1.54) is 0 Å². The van der Waals surface area contributed by atoms with Crippen LogP contribution in [0.2, 0.25) is 0 Å². The van der Waals surface area contributed by atoms with E-state index in [0.717, 1.165) is 11.5 Å². The van der Waals surface area contributed by atoms with Crippen LogP contribution < -0.4 is 9.47 Å². The topological polar surface area (TPSA) is 58.9 Å². The zero-order valence-corrected chi connectivity index (χ0v) is 6.30. The van der Waals surface area contributed by atoms with Crippen LogP contribution in [0.1, 0.15) is 0 Å². The molecule has 0 amide bonds. The van der Waals surface area contributed by atoms with Crippen molar-refractivity contribution in [2.45, 2.75) is 0 Å². The molecule has 1 radical (unpaired) electrons. The minimum Gasteiger partial charge on any atom is -0.457 e. The van der Waals surface area contributed by atoms with Gasteiger partial charge in [0.2, 0.25) is 6.79 Å². The van der Waals surface area contributed by atoms with Crippen LogP contribution in [0.15, 0.2) is 24.3 Å². The molecule has 0 fully saturated rings. The van der Waals surface area contributed by atoms with Gasteiger partial charge < -0.3 is 19.5 Å². The van der Waals surface area contributed by atoms with E-state index in [9.17, 15) is 0 Å². The summed E-state index contributed by atoms with van der Waals surface area (Å²) >= 11 is 0. The lowest BCUT2D eigenvalue weighted by atomic mass is 10.3. The third-order valence-electron chi connectivity index (χ3n) is 1.26. The molecule has 2 N–H and O–H groups in total. The maximum atomic E-state index is 7.00. The van der Waals surface area contributed by atoms with Crippen molar-refractivity contribution in [3.8, 4) is 11.5 Å². The Hall–Kier alpha value is -1.20. The Morgan fingerprint density at radius 1 is 1.17 bits per heavy atom. The fourth-order valence-electron chi connectivity index (χ4n) is 0.819. The molecule has 0 atom stereocenters. The average molecular weight is 167 g/mol. The quantitative estimate of drug-likeness (QED) is 0.530. The molecular formula is C7H8BO4. The van der Waals surface area contributed by atoms with Gasteiger partial charge in [0.25, 0.3) is 0 Å². The second-order valence-corrected chi connectivity index (χ2v) is 2.00. The molecule has 0 aliphatic carbocycles. The highest BCUT2D eigenvalue weighted by Gasteiger charge is 2.02. The van der Waals surface area contributed by atoms with Crippen LogP contribution in [0.25, 0.3) is 0 Å². The molecule has 0 saturated heterocycles. The Balaban J connectivity index is 0.000000213. The summed E-state index contributed by atoms with van der Waals surface area (Å²) in [5.41, 5.74) is 0. The number of fused-ring (bicyclic) bond motifs is 2. The summed E-state index contributed by atoms with van der Waals surface area (Å²) in [6, 6.07) is 7.59. The molecule has 1 aliphatic rings. The molecule has 2 bridgehead atoms. The lowest BCUT2D eigenvalue weighted by molar-refractivity contribution is 0.105. The van der Waals surface area contributed by atoms with E-state index in [2.05, 4.69) is 0 Å². The molecule has 0 aromatic heterocycles. The summed E-state index contributed by atoms with van der Waals surface area (Å²) in [6.45, 7) is 0.349. The zero-order valence-electron chi connectivity index (χ0n) is 6.30. The number of hydrogen-bond acceptors (Lipinski definition) is 4. The fourth-order valence-corrected chi connectivity index (χ4v) is 0.819. The van der Waals surface area contributed by atoms with Gasteiger partial charge in [0.05, 0.1) is 0 Å². The molecule has 0 saturated carbocycles. The van der Waals surface area contributed by atoms with Crippen molar-refractivity contribution in [3.63, 3.8) is 0 Å². The van der Waals surface area contributed by atoms with Crippen molar-refractivity contribution < 1.29 is 19.5 Å². The van der Waals surface area contributed by atoms with Gasteiger partial charge in [-0.1, -0.05) is 6.07 Å². The van der Waals surface area contributed by atoms with Gasteiger partial charge in [-0.15, -0.1) is 0 Å². The number of hydrogen-bond donors (Lipinski definition) is 2. The van der Waals surface area contributed by atoms with Crippen LogP contribution in [0, 0.1) is 0 Å². The molecule has 2 rings (SSSR count). The number of benzene rings is 1. The first kappa shape index (κ1) is 8.90. The minimum absolute atomic E-state index is 0. The second kappa shape index (κ2) is 4.64. The molecular weight excluding hydrogens is 159 g/mol. The van der Waals surface area contributed by atoms with E-state index >= 15 is 0 Å². The van der Waals surface area contributed by atoms with Gasteiger partial charge in [-0.25, -0.2) is 0 Å². The maximum Gasteiger partial charge on any atom is 0.482 e. The molecule has 1 heterocycles. The average Bonchev–Trinajstić information content (AvgIpc) is 2.06. The van der Waals surface area contributed by atoms with Crippen LogP contribution in [-0.2, 0) is 0 Å². The van der Waals surface area contributed by atoms with Crippen LogP contribution in [-0.4, -0.2) is 24.5 Å². The first-order valence-corrected chi connectivity index (χ1v) is 3.32. The predicted molar refractivity (Wildman–Crippen MR) is 42.8 cm³/mol. The van der Waals surface area contributed by atoms with Crippen molar-refractivity contribution in [1.82, 2.24) is 0 Å². The molecule has 5 heteroatoms. The summed E-state index contributed by atoms with van der Waals surface area (Å²) in [4.78, 5) is 0. The Bertz CT molecular complexity index is 221. The maximum absolute atomic E-state index is 7.00. The Labute approximate surface area is 70.7 Å². The summed E-state index contributed by atoms with van der Waals surface area (Å²) in [7, 11) is 0. The summed E-state index contributed by atoms with van der Waals surface area (Å²) in [5.74, 6) is 1.78. The van der Waals surface area contributed by atoms with E-state index in [0.29, 0.717) is 6.79 Å². The highest BCUT2D eigenvalue weighted by Crippen LogP contribution is 2.22. The highest BCUT2D eigenvalue weighted by atomic mass is 16.7. The summed E-state index contributed by atoms with van der Waals surface area (Å²) < 4.78 is 10.1. The number of ether oxygens (including phenoxy) is 2. The first-order valence-electron chi connectivity index (χ1n) is 3.32.